The lowest BCUT2D eigenvalue weighted by Gasteiger charge is -2.39. The van der Waals surface area contributed by atoms with E-state index in [1.165, 1.54) is 0 Å². The first-order chi connectivity index (χ1) is 16.0. The third-order valence-electron chi connectivity index (χ3n) is 6.76. The highest BCUT2D eigenvalue weighted by Gasteiger charge is 2.38. The van der Waals surface area contributed by atoms with E-state index in [-0.39, 0.29) is 29.1 Å². The van der Waals surface area contributed by atoms with Crippen LogP contribution in [0.5, 0.6) is 5.75 Å². The van der Waals surface area contributed by atoms with Gasteiger partial charge in [0.05, 0.1) is 39.1 Å². The standard InChI is InChI=1S/C28H48O5Si/c1-11-18-31-19-12-13-26(30-8)23(3)27(22(2)20-33-34(9,10)28(4,5)6)32-21-24-14-16-25(29-7)17-15-24/h11-17,22-23,26-27H,1,18-21H2,2-10H3/b13-12+/t22-,23-,26-,27-/m1/s1. The Balaban J connectivity index is 2.97. The van der Waals surface area contributed by atoms with E-state index in [0.717, 1.165) is 11.3 Å². The molecule has 0 fully saturated rings. The molecule has 5 nitrogen and oxygen atoms in total. The molecular weight excluding hydrogens is 444 g/mol. The van der Waals surface area contributed by atoms with E-state index in [2.05, 4.69) is 60.4 Å². The Morgan fingerprint density at radius 1 is 1.03 bits per heavy atom. The van der Waals surface area contributed by atoms with E-state index in [9.17, 15) is 0 Å². The predicted molar refractivity (Wildman–Crippen MR) is 144 cm³/mol. The average molecular weight is 493 g/mol. The van der Waals surface area contributed by atoms with Crippen LogP contribution in [-0.4, -0.2) is 54.6 Å². The molecule has 6 heteroatoms. The van der Waals surface area contributed by atoms with Gasteiger partial charge in [0.15, 0.2) is 8.32 Å². The maximum absolute atomic E-state index is 6.56. The minimum Gasteiger partial charge on any atom is -0.497 e. The number of benzene rings is 1. The Morgan fingerprint density at radius 2 is 1.68 bits per heavy atom. The predicted octanol–water partition coefficient (Wildman–Crippen LogP) is 6.65. The molecule has 194 valence electrons. The van der Waals surface area contributed by atoms with E-state index in [0.29, 0.717) is 26.4 Å². The summed E-state index contributed by atoms with van der Waals surface area (Å²) in [4.78, 5) is 0. The van der Waals surface area contributed by atoms with Gasteiger partial charge in [-0.05, 0) is 35.8 Å². The normalized spacial score (nSPS) is 16.3. The van der Waals surface area contributed by atoms with Gasteiger partial charge in [-0.2, -0.15) is 0 Å². The lowest BCUT2D eigenvalue weighted by Crippen LogP contribution is -2.44. The lowest BCUT2D eigenvalue weighted by molar-refractivity contribution is -0.0715. The maximum Gasteiger partial charge on any atom is 0.191 e. The zero-order valence-corrected chi connectivity index (χ0v) is 23.9. The summed E-state index contributed by atoms with van der Waals surface area (Å²) in [6.07, 6.45) is 5.68. The van der Waals surface area contributed by atoms with Crippen molar-refractivity contribution in [1.82, 2.24) is 0 Å². The van der Waals surface area contributed by atoms with Gasteiger partial charge in [-0.3, -0.25) is 0 Å². The van der Waals surface area contributed by atoms with Crippen molar-refractivity contribution in [3.05, 3.63) is 54.6 Å². The van der Waals surface area contributed by atoms with Crippen LogP contribution in [-0.2, 0) is 25.2 Å². The van der Waals surface area contributed by atoms with Gasteiger partial charge in [-0.25, -0.2) is 0 Å². The molecule has 0 aliphatic heterocycles. The van der Waals surface area contributed by atoms with Gasteiger partial charge in [0.2, 0.25) is 0 Å². The van der Waals surface area contributed by atoms with Crippen molar-refractivity contribution in [3.8, 4) is 5.75 Å². The lowest BCUT2D eigenvalue weighted by atomic mass is 9.89. The molecule has 0 N–H and O–H groups in total. The Labute approximate surface area is 209 Å². The topological polar surface area (TPSA) is 46.2 Å². The Hall–Kier alpha value is -1.44. The molecule has 0 aliphatic rings. The molecule has 34 heavy (non-hydrogen) atoms. The van der Waals surface area contributed by atoms with Gasteiger partial charge in [-0.15, -0.1) is 6.58 Å². The molecule has 0 amide bonds. The molecule has 1 rings (SSSR count). The first-order valence-corrected chi connectivity index (χ1v) is 15.1. The minimum atomic E-state index is -1.85. The SMILES string of the molecule is C=CCOC/C=C/[C@@H](OC)[C@@H](C)[C@H](OCc1ccc(OC)cc1)[C@H](C)CO[Si](C)(C)C(C)(C)C. The number of hydrogen-bond donors (Lipinski definition) is 0. The average Bonchev–Trinajstić information content (AvgIpc) is 2.79. The zero-order chi connectivity index (χ0) is 25.8. The van der Waals surface area contributed by atoms with Crippen LogP contribution >= 0.6 is 0 Å². The van der Waals surface area contributed by atoms with Crippen LogP contribution < -0.4 is 4.74 Å². The number of methoxy groups -OCH3 is 2. The molecular formula is C28H48O5Si. The molecule has 1 aromatic carbocycles. The summed E-state index contributed by atoms with van der Waals surface area (Å²) < 4.78 is 29.7. The molecule has 0 bridgehead atoms. The van der Waals surface area contributed by atoms with Gasteiger partial charge in [0.1, 0.15) is 5.75 Å². The van der Waals surface area contributed by atoms with E-state index in [1.807, 2.05) is 30.3 Å². The van der Waals surface area contributed by atoms with Crippen molar-refractivity contribution in [3.63, 3.8) is 0 Å². The van der Waals surface area contributed by atoms with Crippen LogP contribution in [0, 0.1) is 11.8 Å². The fourth-order valence-corrected chi connectivity index (χ4v) is 4.58. The Morgan fingerprint density at radius 3 is 2.21 bits per heavy atom. The van der Waals surface area contributed by atoms with Gasteiger partial charge in [-0.1, -0.05) is 65.0 Å². The molecule has 0 unspecified atom stereocenters. The number of rotatable bonds is 16. The summed E-state index contributed by atoms with van der Waals surface area (Å²) >= 11 is 0. The Kier molecular flexibility index (Phi) is 13.4. The van der Waals surface area contributed by atoms with Crippen molar-refractivity contribution >= 4 is 8.32 Å². The Bertz CT molecular complexity index is 723. The summed E-state index contributed by atoms with van der Waals surface area (Å²) in [6.45, 7) is 21.7. The largest absolute Gasteiger partial charge is 0.497 e. The molecule has 0 heterocycles. The zero-order valence-electron chi connectivity index (χ0n) is 22.9. The van der Waals surface area contributed by atoms with E-state index < -0.39 is 8.32 Å². The smallest absolute Gasteiger partial charge is 0.191 e. The van der Waals surface area contributed by atoms with Crippen molar-refractivity contribution in [2.45, 2.75) is 71.6 Å². The highest BCUT2D eigenvalue weighted by Crippen LogP contribution is 2.37. The van der Waals surface area contributed by atoms with E-state index in [1.54, 1.807) is 20.3 Å². The van der Waals surface area contributed by atoms with Crippen molar-refractivity contribution in [2.75, 3.05) is 34.0 Å². The second-order valence-electron chi connectivity index (χ2n) is 10.5. The van der Waals surface area contributed by atoms with Crippen molar-refractivity contribution in [1.29, 1.82) is 0 Å². The van der Waals surface area contributed by atoms with Crippen LogP contribution in [0.15, 0.2) is 49.1 Å². The highest BCUT2D eigenvalue weighted by atomic mass is 28.4. The first-order valence-electron chi connectivity index (χ1n) is 12.2. The van der Waals surface area contributed by atoms with Gasteiger partial charge in [0.25, 0.3) is 0 Å². The maximum atomic E-state index is 6.56. The molecule has 0 saturated heterocycles. The second kappa shape index (κ2) is 14.8. The summed E-state index contributed by atoms with van der Waals surface area (Å²) in [6, 6.07) is 8.01. The fraction of sp³-hybridized carbons (Fsp3) is 0.643. The van der Waals surface area contributed by atoms with Crippen LogP contribution in [0.25, 0.3) is 0 Å². The molecule has 1 aromatic rings. The summed E-state index contributed by atoms with van der Waals surface area (Å²) in [7, 11) is 1.56. The van der Waals surface area contributed by atoms with Crippen LogP contribution in [0.4, 0.5) is 0 Å². The monoisotopic (exact) mass is 492 g/mol. The molecule has 0 aliphatic carbocycles. The van der Waals surface area contributed by atoms with Gasteiger partial charge >= 0.3 is 0 Å². The summed E-state index contributed by atoms with van der Waals surface area (Å²) in [5.41, 5.74) is 1.11. The number of hydrogen-bond acceptors (Lipinski definition) is 5. The van der Waals surface area contributed by atoms with E-state index >= 15 is 0 Å². The molecule has 0 radical (unpaired) electrons. The first kappa shape index (κ1) is 30.6. The second-order valence-corrected chi connectivity index (χ2v) is 15.3. The van der Waals surface area contributed by atoms with Crippen molar-refractivity contribution in [2.24, 2.45) is 11.8 Å². The van der Waals surface area contributed by atoms with Crippen LogP contribution in [0.2, 0.25) is 18.1 Å². The van der Waals surface area contributed by atoms with Crippen molar-refractivity contribution < 1.29 is 23.4 Å². The third-order valence-corrected chi connectivity index (χ3v) is 11.3. The molecule has 0 aromatic heterocycles. The highest BCUT2D eigenvalue weighted by molar-refractivity contribution is 6.74. The summed E-state index contributed by atoms with van der Waals surface area (Å²) in [5.74, 6) is 1.16. The van der Waals surface area contributed by atoms with Gasteiger partial charge in [0, 0.05) is 25.6 Å². The molecule has 4 atom stereocenters. The fourth-order valence-electron chi connectivity index (χ4n) is 3.46. The molecule has 0 spiro atoms. The van der Waals surface area contributed by atoms with Crippen LogP contribution in [0.3, 0.4) is 0 Å². The van der Waals surface area contributed by atoms with Gasteiger partial charge < -0.3 is 23.4 Å². The van der Waals surface area contributed by atoms with Crippen LogP contribution in [0.1, 0.15) is 40.2 Å². The van der Waals surface area contributed by atoms with E-state index in [4.69, 9.17) is 23.4 Å². The molecule has 0 saturated carbocycles. The third kappa shape index (κ3) is 10.0. The summed E-state index contributed by atoms with van der Waals surface area (Å²) in [5, 5.41) is 0.168. The number of ether oxygens (including phenoxy) is 4. The quantitative estimate of drug-likeness (QED) is 0.147. The minimum absolute atomic E-state index is 0.0458.